The van der Waals surface area contributed by atoms with E-state index in [4.69, 9.17) is 5.26 Å². The highest BCUT2D eigenvalue weighted by molar-refractivity contribution is 5.91. The summed E-state index contributed by atoms with van der Waals surface area (Å²) in [5, 5.41) is 11.5. The van der Waals surface area contributed by atoms with Crippen LogP contribution in [0.25, 0.3) is 0 Å². The highest BCUT2D eigenvalue weighted by Crippen LogP contribution is 2.10. The standard InChI is InChI=1S/C14H10FN3O/c15-12-5-6-13(17-9-12)18-14(19)7-10-3-1-2-4-11(10)8-16/h1-6,9H,7H2,(H,17,18,19). The van der Waals surface area contributed by atoms with Gasteiger partial charge in [0.15, 0.2) is 0 Å². The Kier molecular flexibility index (Phi) is 3.84. The molecule has 0 bridgehead atoms. The van der Waals surface area contributed by atoms with E-state index < -0.39 is 5.82 Å². The van der Waals surface area contributed by atoms with Gasteiger partial charge < -0.3 is 5.32 Å². The molecule has 0 aliphatic heterocycles. The van der Waals surface area contributed by atoms with Crippen molar-refractivity contribution in [3.8, 4) is 6.07 Å². The number of halogens is 1. The Bertz CT molecular complexity index is 632. The van der Waals surface area contributed by atoms with Crippen molar-refractivity contribution in [2.24, 2.45) is 0 Å². The molecule has 1 heterocycles. The smallest absolute Gasteiger partial charge is 0.229 e. The van der Waals surface area contributed by atoms with E-state index in [9.17, 15) is 9.18 Å². The van der Waals surface area contributed by atoms with Crippen LogP contribution in [-0.2, 0) is 11.2 Å². The first kappa shape index (κ1) is 12.7. The third-order valence-corrected chi connectivity index (χ3v) is 2.48. The lowest BCUT2D eigenvalue weighted by Crippen LogP contribution is -2.15. The van der Waals surface area contributed by atoms with E-state index in [0.717, 1.165) is 6.20 Å². The number of nitriles is 1. The second kappa shape index (κ2) is 5.74. The van der Waals surface area contributed by atoms with Gasteiger partial charge in [0.2, 0.25) is 5.91 Å². The second-order valence-electron chi connectivity index (χ2n) is 3.86. The largest absolute Gasteiger partial charge is 0.310 e. The molecule has 2 rings (SSSR count). The van der Waals surface area contributed by atoms with Crippen LogP contribution in [0.4, 0.5) is 10.2 Å². The fourth-order valence-electron chi connectivity index (χ4n) is 1.59. The van der Waals surface area contributed by atoms with Crippen LogP contribution in [0, 0.1) is 17.1 Å². The third kappa shape index (κ3) is 3.36. The molecular formula is C14H10FN3O. The molecule has 0 atom stereocenters. The van der Waals surface area contributed by atoms with Gasteiger partial charge in [-0.15, -0.1) is 0 Å². The summed E-state index contributed by atoms with van der Waals surface area (Å²) in [7, 11) is 0. The average Bonchev–Trinajstić information content (AvgIpc) is 2.42. The van der Waals surface area contributed by atoms with Crippen LogP contribution < -0.4 is 5.32 Å². The molecule has 0 unspecified atom stereocenters. The number of pyridine rings is 1. The normalized spacial score (nSPS) is 9.68. The number of hydrogen-bond acceptors (Lipinski definition) is 3. The molecule has 0 saturated heterocycles. The van der Waals surface area contributed by atoms with E-state index in [1.807, 2.05) is 6.07 Å². The Morgan fingerprint density at radius 3 is 2.79 bits per heavy atom. The van der Waals surface area contributed by atoms with Crippen LogP contribution in [0.1, 0.15) is 11.1 Å². The maximum Gasteiger partial charge on any atom is 0.229 e. The number of amides is 1. The number of nitrogens with zero attached hydrogens (tertiary/aromatic N) is 2. The van der Waals surface area contributed by atoms with Gasteiger partial charge in [-0.3, -0.25) is 4.79 Å². The molecular weight excluding hydrogens is 245 g/mol. The number of carbonyl (C=O) groups excluding carboxylic acids is 1. The van der Waals surface area contributed by atoms with Crippen LogP contribution in [0.3, 0.4) is 0 Å². The number of anilines is 1. The zero-order valence-corrected chi connectivity index (χ0v) is 9.93. The Balaban J connectivity index is 2.06. The molecule has 4 nitrogen and oxygen atoms in total. The first-order valence-electron chi connectivity index (χ1n) is 5.58. The van der Waals surface area contributed by atoms with Gasteiger partial charge in [0.05, 0.1) is 24.3 Å². The highest BCUT2D eigenvalue weighted by Gasteiger charge is 2.08. The van der Waals surface area contributed by atoms with Crippen molar-refractivity contribution in [1.29, 1.82) is 5.26 Å². The van der Waals surface area contributed by atoms with Crippen molar-refractivity contribution in [2.75, 3.05) is 5.32 Å². The lowest BCUT2D eigenvalue weighted by atomic mass is 10.1. The van der Waals surface area contributed by atoms with E-state index in [2.05, 4.69) is 10.3 Å². The molecule has 0 aliphatic carbocycles. The highest BCUT2D eigenvalue weighted by atomic mass is 19.1. The van der Waals surface area contributed by atoms with Gasteiger partial charge >= 0.3 is 0 Å². The number of nitrogens with one attached hydrogen (secondary N) is 1. The molecule has 1 aromatic heterocycles. The molecule has 1 N–H and O–H groups in total. The van der Waals surface area contributed by atoms with Gasteiger partial charge in [0.25, 0.3) is 0 Å². The number of hydrogen-bond donors (Lipinski definition) is 1. The van der Waals surface area contributed by atoms with Crippen LogP contribution in [0.2, 0.25) is 0 Å². The van der Waals surface area contributed by atoms with Crippen molar-refractivity contribution in [2.45, 2.75) is 6.42 Å². The Labute approximate surface area is 109 Å². The monoisotopic (exact) mass is 255 g/mol. The molecule has 0 saturated carbocycles. The maximum absolute atomic E-state index is 12.7. The SMILES string of the molecule is N#Cc1ccccc1CC(=O)Nc1ccc(F)cn1. The van der Waals surface area contributed by atoms with Gasteiger partial charge in [-0.1, -0.05) is 18.2 Å². The first-order chi connectivity index (χ1) is 9.19. The van der Waals surface area contributed by atoms with Crippen molar-refractivity contribution in [3.63, 3.8) is 0 Å². The topological polar surface area (TPSA) is 65.8 Å². The minimum absolute atomic E-state index is 0.0722. The summed E-state index contributed by atoms with van der Waals surface area (Å²) in [4.78, 5) is 15.5. The van der Waals surface area contributed by atoms with E-state index >= 15 is 0 Å². The van der Waals surface area contributed by atoms with E-state index in [1.165, 1.54) is 12.1 Å². The van der Waals surface area contributed by atoms with Gasteiger partial charge in [-0.2, -0.15) is 5.26 Å². The molecule has 1 aromatic carbocycles. The molecule has 0 radical (unpaired) electrons. The van der Waals surface area contributed by atoms with Gasteiger partial charge in [0, 0.05) is 0 Å². The minimum atomic E-state index is -0.465. The summed E-state index contributed by atoms with van der Waals surface area (Å²) in [5.74, 6) is -0.490. The first-order valence-corrected chi connectivity index (χ1v) is 5.58. The van der Waals surface area contributed by atoms with Crippen molar-refractivity contribution >= 4 is 11.7 Å². The second-order valence-corrected chi connectivity index (χ2v) is 3.86. The van der Waals surface area contributed by atoms with Crippen LogP contribution >= 0.6 is 0 Å². The van der Waals surface area contributed by atoms with Gasteiger partial charge in [0.1, 0.15) is 11.6 Å². The Morgan fingerprint density at radius 1 is 1.32 bits per heavy atom. The molecule has 19 heavy (non-hydrogen) atoms. The van der Waals surface area contributed by atoms with Crippen molar-refractivity contribution in [1.82, 2.24) is 4.98 Å². The zero-order valence-electron chi connectivity index (χ0n) is 9.93. The summed E-state index contributed by atoms with van der Waals surface area (Å²) in [5.41, 5.74) is 1.11. The fraction of sp³-hybridized carbons (Fsp3) is 0.0714. The number of carbonyl (C=O) groups is 1. The zero-order chi connectivity index (χ0) is 13.7. The fourth-order valence-corrected chi connectivity index (χ4v) is 1.59. The summed E-state index contributed by atoms with van der Waals surface area (Å²) in [6.45, 7) is 0. The number of benzene rings is 1. The van der Waals surface area contributed by atoms with E-state index in [0.29, 0.717) is 11.1 Å². The van der Waals surface area contributed by atoms with Gasteiger partial charge in [-0.05, 0) is 23.8 Å². The summed E-state index contributed by atoms with van der Waals surface area (Å²) >= 11 is 0. The van der Waals surface area contributed by atoms with Crippen molar-refractivity contribution in [3.05, 3.63) is 59.5 Å². The van der Waals surface area contributed by atoms with Crippen LogP contribution in [0.15, 0.2) is 42.6 Å². The lowest BCUT2D eigenvalue weighted by Gasteiger charge is -2.05. The van der Waals surface area contributed by atoms with Crippen LogP contribution in [0.5, 0.6) is 0 Å². The molecule has 5 heteroatoms. The molecule has 2 aromatic rings. The molecule has 0 spiro atoms. The van der Waals surface area contributed by atoms with E-state index in [-0.39, 0.29) is 18.1 Å². The lowest BCUT2D eigenvalue weighted by molar-refractivity contribution is -0.115. The summed E-state index contributed by atoms with van der Waals surface area (Å²) in [6.07, 6.45) is 1.10. The average molecular weight is 255 g/mol. The van der Waals surface area contributed by atoms with Gasteiger partial charge in [-0.25, -0.2) is 9.37 Å². The predicted molar refractivity (Wildman–Crippen MR) is 67.7 cm³/mol. The quantitative estimate of drug-likeness (QED) is 0.914. The Hall–Kier alpha value is -2.74. The molecule has 0 fully saturated rings. The Morgan fingerprint density at radius 2 is 2.11 bits per heavy atom. The number of rotatable bonds is 3. The summed E-state index contributed by atoms with van der Waals surface area (Å²) < 4.78 is 12.7. The van der Waals surface area contributed by atoms with E-state index in [1.54, 1.807) is 24.3 Å². The molecule has 94 valence electrons. The maximum atomic E-state index is 12.7. The van der Waals surface area contributed by atoms with Crippen LogP contribution in [-0.4, -0.2) is 10.9 Å². The third-order valence-electron chi connectivity index (χ3n) is 2.48. The predicted octanol–water partition coefficient (Wildman–Crippen LogP) is 2.27. The summed E-state index contributed by atoms with van der Waals surface area (Å²) in [6, 6.07) is 11.5. The van der Waals surface area contributed by atoms with Crippen molar-refractivity contribution < 1.29 is 9.18 Å². The molecule has 0 aliphatic rings. The molecule has 1 amide bonds. The minimum Gasteiger partial charge on any atom is -0.310 e. The number of aromatic nitrogens is 1.